The standard InChI is InChI=1S/C16H12N2O3/c19-16-11-3-1-2-4-12(11)17-15(18-16)10-5-6-13-14(9-10)21-8-7-20-13/h1-6,9H,7-8H2,(H,17,18,19). The van der Waals surface area contributed by atoms with Gasteiger partial charge in [-0.25, -0.2) is 4.98 Å². The fourth-order valence-corrected chi connectivity index (χ4v) is 2.41. The SMILES string of the molecule is O=c1[nH]c(-c2ccc3c(c2)OCCO3)nc2ccccc12. The molecule has 0 aliphatic carbocycles. The zero-order valence-corrected chi connectivity index (χ0v) is 11.1. The van der Waals surface area contributed by atoms with E-state index in [1.807, 2.05) is 36.4 Å². The average molecular weight is 280 g/mol. The second kappa shape index (κ2) is 4.63. The first kappa shape index (κ1) is 12.0. The van der Waals surface area contributed by atoms with Crippen LogP contribution in [0.5, 0.6) is 11.5 Å². The van der Waals surface area contributed by atoms with Crippen molar-refractivity contribution in [2.45, 2.75) is 0 Å². The van der Waals surface area contributed by atoms with Crippen LogP contribution in [0.4, 0.5) is 0 Å². The van der Waals surface area contributed by atoms with Gasteiger partial charge in [0.05, 0.1) is 10.9 Å². The fraction of sp³-hybridized carbons (Fsp3) is 0.125. The molecule has 2 heterocycles. The van der Waals surface area contributed by atoms with E-state index in [2.05, 4.69) is 9.97 Å². The van der Waals surface area contributed by atoms with Gasteiger partial charge >= 0.3 is 0 Å². The molecule has 5 heteroatoms. The molecule has 1 N–H and O–H groups in total. The van der Waals surface area contributed by atoms with Crippen molar-refractivity contribution in [3.8, 4) is 22.9 Å². The second-order valence-electron chi connectivity index (χ2n) is 4.79. The van der Waals surface area contributed by atoms with Crippen molar-refractivity contribution in [1.82, 2.24) is 9.97 Å². The molecule has 0 radical (unpaired) electrons. The van der Waals surface area contributed by atoms with E-state index in [4.69, 9.17) is 9.47 Å². The molecular formula is C16H12N2O3. The quantitative estimate of drug-likeness (QED) is 0.743. The van der Waals surface area contributed by atoms with Gasteiger partial charge in [-0.1, -0.05) is 12.1 Å². The van der Waals surface area contributed by atoms with Gasteiger partial charge in [0.15, 0.2) is 11.5 Å². The third kappa shape index (κ3) is 2.03. The van der Waals surface area contributed by atoms with Crippen molar-refractivity contribution in [2.24, 2.45) is 0 Å². The number of ether oxygens (including phenoxy) is 2. The van der Waals surface area contributed by atoms with Crippen LogP contribution >= 0.6 is 0 Å². The van der Waals surface area contributed by atoms with Crippen LogP contribution in [-0.4, -0.2) is 23.2 Å². The number of nitrogens with zero attached hydrogens (tertiary/aromatic N) is 1. The molecule has 0 fully saturated rings. The first-order chi connectivity index (χ1) is 10.3. The minimum atomic E-state index is -0.148. The molecule has 2 aromatic carbocycles. The molecule has 5 nitrogen and oxygen atoms in total. The number of hydrogen-bond donors (Lipinski definition) is 1. The Labute approximate surface area is 120 Å². The molecular weight excluding hydrogens is 268 g/mol. The maximum Gasteiger partial charge on any atom is 0.259 e. The highest BCUT2D eigenvalue weighted by Gasteiger charge is 2.13. The number of benzene rings is 2. The molecule has 0 unspecified atom stereocenters. The predicted molar refractivity (Wildman–Crippen MR) is 78.8 cm³/mol. The fourth-order valence-electron chi connectivity index (χ4n) is 2.41. The van der Waals surface area contributed by atoms with Gasteiger partial charge < -0.3 is 14.5 Å². The number of rotatable bonds is 1. The second-order valence-corrected chi connectivity index (χ2v) is 4.79. The maximum atomic E-state index is 12.1. The summed E-state index contributed by atoms with van der Waals surface area (Å²) in [6.45, 7) is 1.08. The van der Waals surface area contributed by atoms with Gasteiger partial charge in [-0.2, -0.15) is 0 Å². The minimum absolute atomic E-state index is 0.148. The summed E-state index contributed by atoms with van der Waals surface area (Å²) >= 11 is 0. The van der Waals surface area contributed by atoms with Crippen LogP contribution in [0.25, 0.3) is 22.3 Å². The van der Waals surface area contributed by atoms with E-state index in [0.717, 1.165) is 5.56 Å². The minimum Gasteiger partial charge on any atom is -0.486 e. The summed E-state index contributed by atoms with van der Waals surface area (Å²) in [7, 11) is 0. The number of fused-ring (bicyclic) bond motifs is 2. The highest BCUT2D eigenvalue weighted by atomic mass is 16.6. The van der Waals surface area contributed by atoms with Crippen LogP contribution in [0.15, 0.2) is 47.3 Å². The number of hydrogen-bond acceptors (Lipinski definition) is 4. The largest absolute Gasteiger partial charge is 0.486 e. The summed E-state index contributed by atoms with van der Waals surface area (Å²) in [6.07, 6.45) is 0. The molecule has 1 aliphatic rings. The number of aromatic amines is 1. The third-order valence-corrected chi connectivity index (χ3v) is 3.43. The molecule has 0 amide bonds. The summed E-state index contributed by atoms with van der Waals surface area (Å²) in [4.78, 5) is 19.4. The average Bonchev–Trinajstić information content (AvgIpc) is 2.54. The van der Waals surface area contributed by atoms with Crippen molar-refractivity contribution in [3.05, 3.63) is 52.8 Å². The van der Waals surface area contributed by atoms with Gasteiger partial charge in [0, 0.05) is 5.56 Å². The molecule has 0 spiro atoms. The van der Waals surface area contributed by atoms with E-state index in [1.165, 1.54) is 0 Å². The van der Waals surface area contributed by atoms with Crippen LogP contribution in [0.1, 0.15) is 0 Å². The lowest BCUT2D eigenvalue weighted by molar-refractivity contribution is 0.171. The molecule has 104 valence electrons. The molecule has 1 aliphatic heterocycles. The number of nitrogens with one attached hydrogen (secondary N) is 1. The molecule has 0 saturated heterocycles. The van der Waals surface area contributed by atoms with Gasteiger partial charge in [-0.05, 0) is 30.3 Å². The Bertz CT molecular complexity index is 886. The Morgan fingerprint density at radius 1 is 1.00 bits per heavy atom. The van der Waals surface area contributed by atoms with Crippen molar-refractivity contribution in [1.29, 1.82) is 0 Å². The molecule has 3 aromatic rings. The number of aromatic nitrogens is 2. The highest BCUT2D eigenvalue weighted by Crippen LogP contribution is 2.33. The van der Waals surface area contributed by atoms with Crippen LogP contribution in [0.3, 0.4) is 0 Å². The lowest BCUT2D eigenvalue weighted by Gasteiger charge is -2.18. The molecule has 4 rings (SSSR count). The van der Waals surface area contributed by atoms with Crippen molar-refractivity contribution in [3.63, 3.8) is 0 Å². The van der Waals surface area contributed by atoms with E-state index in [0.29, 0.717) is 41.4 Å². The summed E-state index contributed by atoms with van der Waals surface area (Å²) in [5.74, 6) is 1.92. The number of H-pyrrole nitrogens is 1. The van der Waals surface area contributed by atoms with E-state index in [1.54, 1.807) is 6.07 Å². The maximum absolute atomic E-state index is 12.1. The summed E-state index contributed by atoms with van der Waals surface area (Å²) < 4.78 is 11.0. The first-order valence-corrected chi connectivity index (χ1v) is 6.70. The summed E-state index contributed by atoms with van der Waals surface area (Å²) in [6, 6.07) is 12.8. The van der Waals surface area contributed by atoms with Gasteiger partial charge in [0.2, 0.25) is 0 Å². The highest BCUT2D eigenvalue weighted by molar-refractivity contribution is 5.79. The van der Waals surface area contributed by atoms with Crippen LogP contribution < -0.4 is 15.0 Å². The predicted octanol–water partition coefficient (Wildman–Crippen LogP) is 2.36. The van der Waals surface area contributed by atoms with Crippen molar-refractivity contribution >= 4 is 10.9 Å². The summed E-state index contributed by atoms with van der Waals surface area (Å²) in [5.41, 5.74) is 1.32. The Balaban J connectivity index is 1.88. The normalized spacial score (nSPS) is 13.3. The Morgan fingerprint density at radius 3 is 2.71 bits per heavy atom. The first-order valence-electron chi connectivity index (χ1n) is 6.70. The topological polar surface area (TPSA) is 64.2 Å². The van der Waals surface area contributed by atoms with E-state index >= 15 is 0 Å². The lowest BCUT2D eigenvalue weighted by Crippen LogP contribution is -2.15. The smallest absolute Gasteiger partial charge is 0.259 e. The zero-order chi connectivity index (χ0) is 14.2. The van der Waals surface area contributed by atoms with Gasteiger partial charge in [-0.3, -0.25) is 4.79 Å². The molecule has 21 heavy (non-hydrogen) atoms. The molecule has 1 aromatic heterocycles. The van der Waals surface area contributed by atoms with Gasteiger partial charge in [-0.15, -0.1) is 0 Å². The van der Waals surface area contributed by atoms with E-state index in [-0.39, 0.29) is 5.56 Å². The van der Waals surface area contributed by atoms with Crippen LogP contribution in [0, 0.1) is 0 Å². The van der Waals surface area contributed by atoms with Gasteiger partial charge in [0.25, 0.3) is 5.56 Å². The summed E-state index contributed by atoms with van der Waals surface area (Å²) in [5, 5.41) is 0.582. The third-order valence-electron chi connectivity index (χ3n) is 3.43. The van der Waals surface area contributed by atoms with E-state index in [9.17, 15) is 4.79 Å². The number of para-hydroxylation sites is 1. The zero-order valence-electron chi connectivity index (χ0n) is 11.1. The molecule has 0 bridgehead atoms. The lowest BCUT2D eigenvalue weighted by atomic mass is 10.1. The van der Waals surface area contributed by atoms with Gasteiger partial charge in [0.1, 0.15) is 19.0 Å². The van der Waals surface area contributed by atoms with Crippen molar-refractivity contribution < 1.29 is 9.47 Å². The Kier molecular flexibility index (Phi) is 2.64. The molecule has 0 saturated carbocycles. The van der Waals surface area contributed by atoms with E-state index < -0.39 is 0 Å². The Hall–Kier alpha value is -2.82. The molecule has 0 atom stereocenters. The van der Waals surface area contributed by atoms with Crippen LogP contribution in [0.2, 0.25) is 0 Å². The monoisotopic (exact) mass is 280 g/mol. The van der Waals surface area contributed by atoms with Crippen molar-refractivity contribution in [2.75, 3.05) is 13.2 Å². The van der Waals surface area contributed by atoms with Crippen LogP contribution in [-0.2, 0) is 0 Å². The Morgan fingerprint density at radius 2 is 1.81 bits per heavy atom.